The first-order chi connectivity index (χ1) is 10.5. The van der Waals surface area contributed by atoms with Crippen LogP contribution in [0, 0.1) is 5.82 Å². The van der Waals surface area contributed by atoms with E-state index in [1.165, 1.54) is 12.1 Å². The average molecular weight is 338 g/mol. The van der Waals surface area contributed by atoms with E-state index in [1.54, 1.807) is 29.2 Å². The summed E-state index contributed by atoms with van der Waals surface area (Å²) in [7, 11) is 0. The molecule has 0 fully saturated rings. The van der Waals surface area contributed by atoms with Gasteiger partial charge in [0.1, 0.15) is 5.82 Å². The molecule has 0 N–H and O–H groups in total. The first kappa shape index (κ1) is 15.3. The number of nitrogens with zero attached hydrogens (tertiary/aromatic N) is 1. The number of rotatable bonds is 1. The number of carbonyl (C=O) groups excluding carboxylic acids is 1. The molecular weight excluding hydrogens is 324 g/mol. The Morgan fingerprint density at radius 1 is 1.18 bits per heavy atom. The third-order valence-electron chi connectivity index (χ3n) is 3.96. The minimum atomic E-state index is -0.282. The summed E-state index contributed by atoms with van der Waals surface area (Å²) in [6.07, 6.45) is 1.56. The fourth-order valence-corrected chi connectivity index (χ4v) is 3.10. The van der Waals surface area contributed by atoms with E-state index in [2.05, 4.69) is 0 Å². The van der Waals surface area contributed by atoms with Gasteiger partial charge in [-0.25, -0.2) is 4.39 Å². The van der Waals surface area contributed by atoms with E-state index in [0.717, 1.165) is 24.1 Å². The standard InChI is InChI=1S/C17H14Cl2FNO/c1-10-2-3-11-8-13(20)5-7-16(11)21(10)17(22)12-4-6-14(18)15(19)9-12/h4-10H,2-3H2,1H3/t10-/m1/s1. The van der Waals surface area contributed by atoms with Crippen LogP contribution in [-0.2, 0) is 6.42 Å². The van der Waals surface area contributed by atoms with Gasteiger partial charge in [-0.1, -0.05) is 23.2 Å². The maximum atomic E-state index is 13.4. The van der Waals surface area contributed by atoms with Crippen LogP contribution < -0.4 is 4.90 Å². The Morgan fingerprint density at radius 2 is 1.95 bits per heavy atom. The molecule has 0 spiro atoms. The summed E-state index contributed by atoms with van der Waals surface area (Å²) in [6, 6.07) is 9.41. The molecule has 0 saturated carbocycles. The van der Waals surface area contributed by atoms with Crippen molar-refractivity contribution in [2.45, 2.75) is 25.8 Å². The van der Waals surface area contributed by atoms with Crippen LogP contribution in [0.25, 0.3) is 0 Å². The van der Waals surface area contributed by atoms with Crippen LogP contribution in [0.4, 0.5) is 10.1 Å². The van der Waals surface area contributed by atoms with Crippen LogP contribution in [0.3, 0.4) is 0 Å². The van der Waals surface area contributed by atoms with Crippen LogP contribution in [0.5, 0.6) is 0 Å². The lowest BCUT2D eigenvalue weighted by molar-refractivity contribution is 0.0975. The SMILES string of the molecule is C[C@@H]1CCc2cc(F)ccc2N1C(=O)c1ccc(Cl)c(Cl)c1. The Hall–Kier alpha value is -1.58. The van der Waals surface area contributed by atoms with Gasteiger partial charge in [0, 0.05) is 17.3 Å². The molecule has 1 aliphatic heterocycles. The predicted octanol–water partition coefficient (Wildman–Crippen LogP) is 5.11. The molecule has 0 saturated heterocycles. The summed E-state index contributed by atoms with van der Waals surface area (Å²) in [5.74, 6) is -0.436. The van der Waals surface area contributed by atoms with Crippen LogP contribution in [0.2, 0.25) is 10.0 Å². The van der Waals surface area contributed by atoms with Crippen molar-refractivity contribution < 1.29 is 9.18 Å². The number of benzene rings is 2. The van der Waals surface area contributed by atoms with Crippen molar-refractivity contribution in [1.82, 2.24) is 0 Å². The normalized spacial score (nSPS) is 17.3. The summed E-state index contributed by atoms with van der Waals surface area (Å²) in [5.41, 5.74) is 2.08. The molecule has 5 heteroatoms. The van der Waals surface area contributed by atoms with Gasteiger partial charge in [0.15, 0.2) is 0 Å². The number of fused-ring (bicyclic) bond motifs is 1. The molecule has 0 unspecified atom stereocenters. The van der Waals surface area contributed by atoms with Crippen LogP contribution >= 0.6 is 23.2 Å². The minimum Gasteiger partial charge on any atom is -0.305 e. The van der Waals surface area contributed by atoms with Crippen molar-refractivity contribution in [3.8, 4) is 0 Å². The zero-order chi connectivity index (χ0) is 15.9. The quantitative estimate of drug-likeness (QED) is 0.707. The van der Waals surface area contributed by atoms with Crippen molar-refractivity contribution in [3.05, 3.63) is 63.4 Å². The Labute approximate surface area is 138 Å². The molecule has 1 heterocycles. The Balaban J connectivity index is 2.03. The predicted molar refractivity (Wildman–Crippen MR) is 87.5 cm³/mol. The highest BCUT2D eigenvalue weighted by Gasteiger charge is 2.29. The number of carbonyl (C=O) groups is 1. The molecule has 0 aliphatic carbocycles. The van der Waals surface area contributed by atoms with E-state index in [1.807, 2.05) is 6.92 Å². The summed E-state index contributed by atoms with van der Waals surface area (Å²) < 4.78 is 13.4. The third kappa shape index (κ3) is 2.71. The molecule has 114 valence electrons. The highest BCUT2D eigenvalue weighted by atomic mass is 35.5. The van der Waals surface area contributed by atoms with Crippen molar-refractivity contribution in [2.75, 3.05) is 4.90 Å². The van der Waals surface area contributed by atoms with Gasteiger partial charge in [0.05, 0.1) is 10.0 Å². The van der Waals surface area contributed by atoms with Gasteiger partial charge in [-0.2, -0.15) is 0 Å². The summed E-state index contributed by atoms with van der Waals surface area (Å²) in [5, 5.41) is 0.754. The van der Waals surface area contributed by atoms with E-state index in [4.69, 9.17) is 23.2 Å². The summed E-state index contributed by atoms with van der Waals surface area (Å²) >= 11 is 11.9. The number of halogens is 3. The maximum Gasteiger partial charge on any atom is 0.258 e. The van der Waals surface area contributed by atoms with Gasteiger partial charge >= 0.3 is 0 Å². The lowest BCUT2D eigenvalue weighted by Crippen LogP contribution is -2.42. The van der Waals surface area contributed by atoms with Crippen molar-refractivity contribution in [2.24, 2.45) is 0 Å². The Morgan fingerprint density at radius 3 is 2.68 bits per heavy atom. The molecule has 0 bridgehead atoms. The van der Waals surface area contributed by atoms with Crippen LogP contribution in [0.15, 0.2) is 36.4 Å². The fraction of sp³-hybridized carbons (Fsp3) is 0.235. The van der Waals surface area contributed by atoms with Gasteiger partial charge in [0.2, 0.25) is 0 Å². The second kappa shape index (κ2) is 5.90. The highest BCUT2D eigenvalue weighted by molar-refractivity contribution is 6.42. The van der Waals surface area contributed by atoms with Crippen LogP contribution in [0.1, 0.15) is 29.3 Å². The molecule has 0 radical (unpaired) electrons. The summed E-state index contributed by atoms with van der Waals surface area (Å²) in [4.78, 5) is 14.6. The Kier molecular flexibility index (Phi) is 4.11. The largest absolute Gasteiger partial charge is 0.305 e. The third-order valence-corrected chi connectivity index (χ3v) is 4.70. The smallest absolute Gasteiger partial charge is 0.258 e. The number of hydrogen-bond donors (Lipinski definition) is 0. The molecule has 1 aliphatic rings. The first-order valence-corrected chi connectivity index (χ1v) is 7.80. The minimum absolute atomic E-state index is 0.0416. The molecule has 2 aromatic rings. The number of hydrogen-bond acceptors (Lipinski definition) is 1. The molecule has 1 amide bonds. The van der Waals surface area contributed by atoms with E-state index < -0.39 is 0 Å². The zero-order valence-electron chi connectivity index (χ0n) is 11.9. The molecule has 3 rings (SSSR count). The van der Waals surface area contributed by atoms with E-state index in [9.17, 15) is 9.18 Å². The van der Waals surface area contributed by atoms with E-state index >= 15 is 0 Å². The molecule has 2 nitrogen and oxygen atoms in total. The maximum absolute atomic E-state index is 13.4. The Bertz CT molecular complexity index is 747. The first-order valence-electron chi connectivity index (χ1n) is 7.04. The topological polar surface area (TPSA) is 20.3 Å². The van der Waals surface area contributed by atoms with E-state index in [0.29, 0.717) is 15.6 Å². The summed E-state index contributed by atoms with van der Waals surface area (Å²) in [6.45, 7) is 1.99. The molecule has 22 heavy (non-hydrogen) atoms. The second-order valence-electron chi connectivity index (χ2n) is 5.46. The van der Waals surface area contributed by atoms with Gasteiger partial charge in [-0.15, -0.1) is 0 Å². The van der Waals surface area contributed by atoms with E-state index in [-0.39, 0.29) is 17.8 Å². The molecule has 1 atom stereocenters. The number of amides is 1. The monoisotopic (exact) mass is 337 g/mol. The second-order valence-corrected chi connectivity index (χ2v) is 6.28. The molecule has 0 aromatic heterocycles. The van der Waals surface area contributed by atoms with Crippen molar-refractivity contribution in [3.63, 3.8) is 0 Å². The lowest BCUT2D eigenvalue weighted by atomic mass is 9.95. The molecular formula is C17H14Cl2FNO. The fourth-order valence-electron chi connectivity index (χ4n) is 2.80. The zero-order valence-corrected chi connectivity index (χ0v) is 13.5. The van der Waals surface area contributed by atoms with Gasteiger partial charge in [-0.05, 0) is 61.7 Å². The number of aryl methyl sites for hydroxylation is 1. The van der Waals surface area contributed by atoms with Gasteiger partial charge in [-0.3, -0.25) is 4.79 Å². The molecule has 2 aromatic carbocycles. The average Bonchev–Trinajstić information content (AvgIpc) is 2.49. The highest BCUT2D eigenvalue weighted by Crippen LogP contribution is 2.33. The van der Waals surface area contributed by atoms with Crippen molar-refractivity contribution in [1.29, 1.82) is 0 Å². The van der Waals surface area contributed by atoms with Crippen LogP contribution in [-0.4, -0.2) is 11.9 Å². The lowest BCUT2D eigenvalue weighted by Gasteiger charge is -2.35. The van der Waals surface area contributed by atoms with Crippen molar-refractivity contribution >= 4 is 34.8 Å². The number of anilines is 1. The van der Waals surface area contributed by atoms with Gasteiger partial charge in [0.25, 0.3) is 5.91 Å². The van der Waals surface area contributed by atoms with Gasteiger partial charge < -0.3 is 4.90 Å².